The lowest BCUT2D eigenvalue weighted by molar-refractivity contribution is -0.688. The number of nitrogens with zero attached hydrogens (tertiary/aromatic N) is 4. The van der Waals surface area contributed by atoms with Gasteiger partial charge in [0.25, 0.3) is 0 Å². The van der Waals surface area contributed by atoms with Gasteiger partial charge < -0.3 is 0 Å². The second kappa shape index (κ2) is 16.2. The zero-order valence-electron chi connectivity index (χ0n) is 39.7. The Kier molecular flexibility index (Phi) is 9.18. The molecule has 0 fully saturated rings. The van der Waals surface area contributed by atoms with Crippen molar-refractivity contribution in [3.63, 3.8) is 0 Å². The van der Waals surface area contributed by atoms with E-state index in [1.165, 1.54) is 131 Å². The van der Waals surface area contributed by atoms with Gasteiger partial charge in [0.1, 0.15) is 0 Å². The Labute approximate surface area is 417 Å². The van der Waals surface area contributed by atoms with E-state index < -0.39 is 0 Å². The van der Waals surface area contributed by atoms with Gasteiger partial charge in [0.05, 0.1) is 0 Å². The van der Waals surface area contributed by atoms with Gasteiger partial charge in [0, 0.05) is 70.8 Å². The minimum absolute atomic E-state index is 0.816. The maximum absolute atomic E-state index is 2.36. The zero-order chi connectivity index (χ0) is 47.3. The molecule has 4 nitrogen and oxygen atoms in total. The van der Waals surface area contributed by atoms with Crippen LogP contribution >= 0.6 is 0 Å². The Balaban J connectivity index is 0.766. The van der Waals surface area contributed by atoms with Crippen molar-refractivity contribution in [2.45, 2.75) is 26.2 Å². The molecule has 14 aromatic rings. The Morgan fingerprint density at radius 2 is 0.347 bits per heavy atom. The highest BCUT2D eigenvalue weighted by Gasteiger charge is 2.17. The maximum atomic E-state index is 2.36. The van der Waals surface area contributed by atoms with Crippen molar-refractivity contribution in [2.24, 2.45) is 0 Å². The van der Waals surface area contributed by atoms with Gasteiger partial charge >= 0.3 is 0 Å². The van der Waals surface area contributed by atoms with Crippen molar-refractivity contribution >= 4 is 64.6 Å². The Morgan fingerprint density at radius 3 is 0.514 bits per heavy atom. The number of hydrogen-bond acceptors (Lipinski definition) is 0. The quantitative estimate of drug-likeness (QED) is 0.106. The molecule has 0 aliphatic carbocycles. The van der Waals surface area contributed by atoms with Crippen LogP contribution in [0, 0.1) is 0 Å². The fourth-order valence-corrected chi connectivity index (χ4v) is 11.7. The summed E-state index contributed by atoms with van der Waals surface area (Å²) in [6.07, 6.45) is 17.7. The van der Waals surface area contributed by atoms with E-state index in [0.29, 0.717) is 0 Å². The molecule has 4 aromatic heterocycles. The smallest absolute Gasteiger partial charge is 0.173 e. The van der Waals surface area contributed by atoms with E-state index in [4.69, 9.17) is 0 Å². The number of rotatable bonds is 0. The second-order valence-corrected chi connectivity index (χ2v) is 20.1. The van der Waals surface area contributed by atoms with E-state index in [2.05, 4.69) is 262 Å². The van der Waals surface area contributed by atoms with Crippen LogP contribution in [0.3, 0.4) is 0 Å². The molecule has 0 saturated carbocycles. The number of pyridine rings is 4. The van der Waals surface area contributed by atoms with E-state index in [1.807, 2.05) is 0 Å². The summed E-state index contributed by atoms with van der Waals surface area (Å²) in [6.45, 7) is 3.27. The molecule has 0 unspecified atom stereocenters. The first-order chi connectivity index (χ1) is 35.5. The van der Waals surface area contributed by atoms with Crippen molar-refractivity contribution < 1.29 is 18.3 Å². The fourth-order valence-electron chi connectivity index (χ4n) is 11.7. The van der Waals surface area contributed by atoms with Gasteiger partial charge in [0.15, 0.2) is 75.8 Å². The van der Waals surface area contributed by atoms with E-state index >= 15 is 0 Å². The predicted molar refractivity (Wildman–Crippen MR) is 292 cm³/mol. The largest absolute Gasteiger partial charge is 0.201 e. The molecule has 26 aliphatic heterocycles. The minimum atomic E-state index is 0.816. The summed E-state index contributed by atoms with van der Waals surface area (Å²) in [5, 5.41) is 15.6. The molecule has 0 spiro atoms. The summed E-state index contributed by atoms with van der Waals surface area (Å²) in [5.41, 5.74) is 15.0. The fraction of sp³-hybridized carbons (Fsp3) is 0.0588. The molecule has 4 heteroatoms. The molecular formula is C68H48N4+4. The Morgan fingerprint density at radius 1 is 0.181 bits per heavy atom. The maximum Gasteiger partial charge on any atom is 0.173 e. The lowest BCUT2D eigenvalue weighted by atomic mass is 9.89. The molecule has 72 heavy (non-hydrogen) atoms. The monoisotopic (exact) mass is 920 g/mol. The van der Waals surface area contributed by atoms with Crippen molar-refractivity contribution in [1.29, 1.82) is 0 Å². The van der Waals surface area contributed by atoms with Crippen LogP contribution in [0.25, 0.3) is 109 Å². The van der Waals surface area contributed by atoms with Gasteiger partial charge in [-0.3, -0.25) is 0 Å². The van der Waals surface area contributed by atoms with Gasteiger partial charge in [-0.2, -0.15) is 0 Å². The molecule has 0 atom stereocenters. The highest BCUT2D eigenvalue weighted by Crippen LogP contribution is 2.41. The van der Waals surface area contributed by atoms with E-state index in [0.717, 1.165) is 26.2 Å². The summed E-state index contributed by atoms with van der Waals surface area (Å²) in [7, 11) is 0. The van der Waals surface area contributed by atoms with E-state index in [1.54, 1.807) is 0 Å². The molecule has 336 valence electrons. The third-order valence-corrected chi connectivity index (χ3v) is 15.5. The summed E-state index contributed by atoms with van der Waals surface area (Å²) < 4.78 is 9.08. The molecule has 26 aliphatic rings. The lowest BCUT2D eigenvalue weighted by Gasteiger charge is -2.14. The van der Waals surface area contributed by atoms with E-state index in [9.17, 15) is 0 Å². The normalized spacial score (nSPS) is 12.8. The van der Waals surface area contributed by atoms with E-state index in [-0.39, 0.29) is 0 Å². The van der Waals surface area contributed by atoms with Gasteiger partial charge in [0.2, 0.25) is 0 Å². The van der Waals surface area contributed by atoms with Crippen LogP contribution < -0.4 is 18.3 Å². The van der Waals surface area contributed by atoms with Crippen LogP contribution in [-0.4, -0.2) is 0 Å². The SMILES string of the molecule is c1cc2ccc1C[n+]1ccc(cc1)-c1cc3ccc4cc(cc5ccc(c1)c3c45)-c1cc[n+](cc1)Cc1ccc(cc1)C[n+]1ccc(cc1)-c1cc3ccc4cc(cc5ccc(c1)c3c45)-c1cc[n+](cc1)C2. The van der Waals surface area contributed by atoms with Crippen molar-refractivity contribution in [2.75, 3.05) is 0 Å². The average Bonchev–Trinajstić information content (AvgIpc) is 3.43. The van der Waals surface area contributed by atoms with Crippen LogP contribution in [0.15, 0.2) is 244 Å². The first kappa shape index (κ1) is 40.7. The molecule has 0 amide bonds. The highest BCUT2D eigenvalue weighted by atomic mass is 14.9. The molecular weight excluding hydrogens is 873 g/mol. The Hall–Kier alpha value is -9.12. The Bertz CT molecular complexity index is 3670. The molecule has 28 bridgehead atoms. The van der Waals surface area contributed by atoms with Gasteiger partial charge in [-0.15, -0.1) is 0 Å². The number of hydrogen-bond donors (Lipinski definition) is 0. The first-order valence-electron chi connectivity index (χ1n) is 25.1. The summed E-state index contributed by atoms with van der Waals surface area (Å²) in [6, 6.07) is 73.5. The minimum Gasteiger partial charge on any atom is -0.201 e. The molecule has 30 heterocycles. The average molecular weight is 921 g/mol. The van der Waals surface area contributed by atoms with Crippen molar-refractivity contribution in [3.8, 4) is 44.5 Å². The molecule has 0 saturated heterocycles. The van der Waals surface area contributed by atoms with Crippen molar-refractivity contribution in [1.82, 2.24) is 0 Å². The summed E-state index contributed by atoms with van der Waals surface area (Å²) >= 11 is 0. The molecule has 0 radical (unpaired) electrons. The second-order valence-electron chi connectivity index (χ2n) is 20.1. The third-order valence-electron chi connectivity index (χ3n) is 15.5. The van der Waals surface area contributed by atoms with Gasteiger partial charge in [-0.05, 0) is 158 Å². The topological polar surface area (TPSA) is 15.5 Å². The van der Waals surface area contributed by atoms with Crippen LogP contribution in [-0.2, 0) is 26.2 Å². The van der Waals surface area contributed by atoms with Crippen LogP contribution in [0.2, 0.25) is 0 Å². The first-order valence-corrected chi connectivity index (χ1v) is 25.1. The lowest BCUT2D eigenvalue weighted by Crippen LogP contribution is -2.33. The van der Waals surface area contributed by atoms with Gasteiger partial charge in [-0.1, -0.05) is 97.1 Å². The zero-order valence-corrected chi connectivity index (χ0v) is 39.7. The summed E-state index contributed by atoms with van der Waals surface area (Å²) in [5.74, 6) is 0. The van der Waals surface area contributed by atoms with Gasteiger partial charge in [-0.25, -0.2) is 18.3 Å². The molecule has 0 N–H and O–H groups in total. The summed E-state index contributed by atoms with van der Waals surface area (Å²) in [4.78, 5) is 0. The van der Waals surface area contributed by atoms with Crippen molar-refractivity contribution in [3.05, 3.63) is 266 Å². The van der Waals surface area contributed by atoms with Crippen LogP contribution in [0.1, 0.15) is 22.3 Å². The third kappa shape index (κ3) is 7.14. The van der Waals surface area contributed by atoms with Crippen LogP contribution in [0.4, 0.5) is 0 Å². The number of benzene rings is 10. The highest BCUT2D eigenvalue weighted by molar-refractivity contribution is 6.25. The predicted octanol–water partition coefficient (Wildman–Crippen LogP) is 13.8. The number of aromatic nitrogens is 4. The standard InChI is InChI=1S/C68H48N4/c1-2-46-4-3-45(1)41-69-25-17-49(18-26-69)61-33-53-9-11-57-37-63(38-58-12-10-54(34-61)65(53)67(57)58)51-21-29-71(30-22-51)43-47-5-7-48(8-6-47)44-72-31-23-52(24-32-72)64-39-59-15-13-55-35-62(50-19-27-70(42-46)28-20-50)36-56-14-16-60(40-64)68(59)66(55)56/h1-40H,41-44H2/q+4. The molecule has 10 aromatic carbocycles. The molecule has 40 rings (SSSR count). The van der Waals surface area contributed by atoms with Crippen LogP contribution in [0.5, 0.6) is 0 Å².